The molecule has 0 aromatic heterocycles. The number of anilines is 1. The fourth-order valence-electron chi connectivity index (χ4n) is 1.68. The Morgan fingerprint density at radius 2 is 1.62 bits per heavy atom. The maximum atomic E-state index is 12.4. The molecule has 0 aliphatic heterocycles. The van der Waals surface area contributed by atoms with Gasteiger partial charge in [0.25, 0.3) is 0 Å². The van der Waals surface area contributed by atoms with Crippen LogP contribution >= 0.6 is 0 Å². The molecule has 0 aliphatic rings. The summed E-state index contributed by atoms with van der Waals surface area (Å²) in [6, 6.07) is 7.09. The van der Waals surface area contributed by atoms with E-state index in [9.17, 15) is 13.2 Å². The highest BCUT2D eigenvalue weighted by molar-refractivity contribution is 7.92. The summed E-state index contributed by atoms with van der Waals surface area (Å²) in [5.41, 5.74) is 6.34. The Morgan fingerprint density at radius 3 is 2.05 bits per heavy atom. The number of amides is 1. The van der Waals surface area contributed by atoms with E-state index in [0.29, 0.717) is 5.69 Å². The highest BCUT2D eigenvalue weighted by Crippen LogP contribution is 2.24. The number of sulfone groups is 1. The average Bonchev–Trinajstić information content (AvgIpc) is 2.35. The van der Waals surface area contributed by atoms with Crippen LogP contribution in [0.2, 0.25) is 0 Å². The SMILES string of the molecule is CC(C)(C(=O)NCC(C)(C)S(C)(=O)=O)c1ccc(N)cc1. The normalized spacial score (nSPS) is 13.0. The van der Waals surface area contributed by atoms with E-state index in [2.05, 4.69) is 5.32 Å². The zero-order valence-electron chi connectivity index (χ0n) is 13.2. The van der Waals surface area contributed by atoms with E-state index in [1.165, 1.54) is 6.26 Å². The van der Waals surface area contributed by atoms with Gasteiger partial charge in [-0.25, -0.2) is 8.42 Å². The first-order valence-corrected chi connectivity index (χ1v) is 8.61. The van der Waals surface area contributed by atoms with Gasteiger partial charge in [0.2, 0.25) is 5.91 Å². The molecule has 0 heterocycles. The van der Waals surface area contributed by atoms with Gasteiger partial charge in [0.1, 0.15) is 0 Å². The van der Waals surface area contributed by atoms with E-state index in [1.54, 1.807) is 52.0 Å². The Balaban J connectivity index is 2.86. The molecule has 21 heavy (non-hydrogen) atoms. The molecule has 0 saturated heterocycles. The molecular weight excluding hydrogens is 288 g/mol. The molecule has 1 aromatic carbocycles. The molecule has 0 radical (unpaired) electrons. The predicted molar refractivity (Wildman–Crippen MR) is 85.8 cm³/mol. The Bertz CT molecular complexity index is 617. The number of rotatable bonds is 5. The van der Waals surface area contributed by atoms with E-state index < -0.39 is 20.0 Å². The lowest BCUT2D eigenvalue weighted by Gasteiger charge is -2.28. The zero-order valence-corrected chi connectivity index (χ0v) is 14.0. The second-order valence-electron chi connectivity index (χ2n) is 6.46. The van der Waals surface area contributed by atoms with Crippen LogP contribution in [0.4, 0.5) is 5.69 Å². The number of hydrogen-bond acceptors (Lipinski definition) is 4. The van der Waals surface area contributed by atoms with Gasteiger partial charge in [0, 0.05) is 18.5 Å². The van der Waals surface area contributed by atoms with Crippen molar-refractivity contribution in [1.29, 1.82) is 0 Å². The van der Waals surface area contributed by atoms with Crippen LogP contribution in [-0.4, -0.2) is 31.9 Å². The van der Waals surface area contributed by atoms with Gasteiger partial charge in [-0.3, -0.25) is 4.79 Å². The standard InChI is InChI=1S/C15H24N2O3S/c1-14(2,21(5,19)20)10-17-13(18)15(3,4)11-6-8-12(16)9-7-11/h6-9H,10,16H2,1-5H3,(H,17,18). The fourth-order valence-corrected chi connectivity index (χ4v) is 2.01. The van der Waals surface area contributed by atoms with E-state index in [-0.39, 0.29) is 12.5 Å². The minimum atomic E-state index is -3.25. The van der Waals surface area contributed by atoms with Gasteiger partial charge >= 0.3 is 0 Å². The molecule has 0 fully saturated rings. The number of carbonyl (C=O) groups is 1. The molecule has 118 valence electrons. The molecule has 1 amide bonds. The first kappa shape index (κ1) is 17.5. The second-order valence-corrected chi connectivity index (χ2v) is 9.11. The predicted octanol–water partition coefficient (Wildman–Crippen LogP) is 1.49. The molecule has 6 heteroatoms. The van der Waals surface area contributed by atoms with Crippen molar-refractivity contribution in [1.82, 2.24) is 5.32 Å². The summed E-state index contributed by atoms with van der Waals surface area (Å²) in [6.45, 7) is 6.85. The quantitative estimate of drug-likeness (QED) is 0.806. The van der Waals surface area contributed by atoms with Crippen LogP contribution in [-0.2, 0) is 20.0 Å². The summed E-state index contributed by atoms with van der Waals surface area (Å²) in [5.74, 6) is -0.219. The van der Waals surface area contributed by atoms with Gasteiger partial charge in [0.15, 0.2) is 9.84 Å². The smallest absolute Gasteiger partial charge is 0.230 e. The zero-order chi connectivity index (χ0) is 16.5. The molecule has 0 bridgehead atoms. The van der Waals surface area contributed by atoms with E-state index >= 15 is 0 Å². The van der Waals surface area contributed by atoms with Gasteiger partial charge in [-0.1, -0.05) is 12.1 Å². The van der Waals surface area contributed by atoms with Gasteiger partial charge in [-0.15, -0.1) is 0 Å². The van der Waals surface area contributed by atoms with E-state index in [4.69, 9.17) is 5.73 Å². The summed E-state index contributed by atoms with van der Waals surface area (Å²) in [5, 5.41) is 2.73. The van der Waals surface area contributed by atoms with Gasteiger partial charge in [-0.2, -0.15) is 0 Å². The van der Waals surface area contributed by atoms with Gasteiger partial charge in [0.05, 0.1) is 10.2 Å². The third-order valence-corrected chi connectivity index (χ3v) is 6.03. The van der Waals surface area contributed by atoms with Crippen LogP contribution in [0.1, 0.15) is 33.3 Å². The summed E-state index contributed by atoms with van der Waals surface area (Å²) in [7, 11) is -3.25. The minimum absolute atomic E-state index is 0.0725. The minimum Gasteiger partial charge on any atom is -0.399 e. The molecule has 0 spiro atoms. The summed E-state index contributed by atoms with van der Waals surface area (Å²) < 4.78 is 22.3. The molecule has 0 unspecified atom stereocenters. The highest BCUT2D eigenvalue weighted by atomic mass is 32.2. The monoisotopic (exact) mass is 312 g/mol. The largest absolute Gasteiger partial charge is 0.399 e. The molecular formula is C15H24N2O3S. The Morgan fingerprint density at radius 1 is 1.14 bits per heavy atom. The van der Waals surface area contributed by atoms with Crippen LogP contribution in [0.15, 0.2) is 24.3 Å². The van der Waals surface area contributed by atoms with Crippen LogP contribution in [0.3, 0.4) is 0 Å². The topological polar surface area (TPSA) is 89.3 Å². The van der Waals surface area contributed by atoms with Crippen molar-refractivity contribution in [3.05, 3.63) is 29.8 Å². The summed E-state index contributed by atoms with van der Waals surface area (Å²) in [6.07, 6.45) is 1.17. The van der Waals surface area contributed by atoms with E-state index in [1.807, 2.05) is 0 Å². The van der Waals surface area contributed by atoms with Crippen LogP contribution in [0.5, 0.6) is 0 Å². The molecule has 1 aromatic rings. The number of benzene rings is 1. The number of carbonyl (C=O) groups excluding carboxylic acids is 1. The van der Waals surface area contributed by atoms with Crippen molar-refractivity contribution in [2.24, 2.45) is 0 Å². The third kappa shape index (κ3) is 3.97. The lowest BCUT2D eigenvalue weighted by molar-refractivity contribution is -0.125. The van der Waals surface area contributed by atoms with Crippen molar-refractivity contribution >= 4 is 21.4 Å². The van der Waals surface area contributed by atoms with Crippen LogP contribution < -0.4 is 11.1 Å². The molecule has 0 saturated carbocycles. The van der Waals surface area contributed by atoms with E-state index in [0.717, 1.165) is 5.56 Å². The first-order chi connectivity index (χ1) is 9.38. The van der Waals surface area contributed by atoms with Gasteiger partial charge in [-0.05, 0) is 45.4 Å². The second kappa shape index (κ2) is 5.67. The van der Waals surface area contributed by atoms with Crippen LogP contribution in [0, 0.1) is 0 Å². The number of nitrogen functional groups attached to an aromatic ring is 1. The maximum Gasteiger partial charge on any atom is 0.230 e. The van der Waals surface area contributed by atoms with Crippen molar-refractivity contribution in [2.45, 2.75) is 37.9 Å². The van der Waals surface area contributed by atoms with Crippen molar-refractivity contribution in [3.63, 3.8) is 0 Å². The molecule has 5 nitrogen and oxygen atoms in total. The van der Waals surface area contributed by atoms with Gasteiger partial charge < -0.3 is 11.1 Å². The Kier molecular flexibility index (Phi) is 4.73. The van der Waals surface area contributed by atoms with Crippen molar-refractivity contribution < 1.29 is 13.2 Å². The summed E-state index contributed by atoms with van der Waals surface area (Å²) >= 11 is 0. The Hall–Kier alpha value is -1.56. The number of hydrogen-bond donors (Lipinski definition) is 2. The first-order valence-electron chi connectivity index (χ1n) is 6.72. The lowest BCUT2D eigenvalue weighted by Crippen LogP contribution is -2.48. The van der Waals surface area contributed by atoms with Crippen molar-refractivity contribution in [2.75, 3.05) is 18.5 Å². The maximum absolute atomic E-state index is 12.4. The number of nitrogens with one attached hydrogen (secondary N) is 1. The third-order valence-electron chi connectivity index (χ3n) is 3.88. The molecule has 0 aliphatic carbocycles. The number of nitrogens with two attached hydrogens (primary N) is 1. The average molecular weight is 312 g/mol. The van der Waals surface area contributed by atoms with Crippen molar-refractivity contribution in [3.8, 4) is 0 Å². The summed E-state index contributed by atoms with van der Waals surface area (Å²) in [4.78, 5) is 12.4. The molecule has 3 N–H and O–H groups in total. The Labute approximate surface area is 126 Å². The highest BCUT2D eigenvalue weighted by Gasteiger charge is 2.34. The van der Waals surface area contributed by atoms with Crippen LogP contribution in [0.25, 0.3) is 0 Å². The lowest BCUT2D eigenvalue weighted by atomic mass is 9.83. The fraction of sp³-hybridized carbons (Fsp3) is 0.533. The molecule has 0 atom stereocenters. The molecule has 1 rings (SSSR count).